The fourth-order valence-corrected chi connectivity index (χ4v) is 3.51. The number of benzene rings is 1. The molecule has 3 rings (SSSR count). The van der Waals surface area contributed by atoms with Crippen LogP contribution in [0.2, 0.25) is 0 Å². The minimum atomic E-state index is 0.270. The lowest BCUT2D eigenvalue weighted by molar-refractivity contribution is 0.308. The number of hydrogen-bond donors (Lipinski definition) is 2. The molecule has 3 N–H and O–H groups in total. The Morgan fingerprint density at radius 2 is 2.26 bits per heavy atom. The number of fused-ring (bicyclic) bond motifs is 1. The van der Waals surface area contributed by atoms with Crippen LogP contribution in [0.4, 0.5) is 5.82 Å². The topological polar surface area (TPSA) is 93.2 Å². The molecule has 0 unspecified atom stereocenters. The average molecular weight is 364 g/mol. The summed E-state index contributed by atoms with van der Waals surface area (Å²) in [5.41, 5.74) is 11.1. The average Bonchev–Trinajstić information content (AvgIpc) is 2.68. The molecule has 2 aromatic rings. The zero-order valence-corrected chi connectivity index (χ0v) is 15.8. The molecule has 140 valence electrons. The number of anilines is 1. The van der Waals surface area contributed by atoms with Crippen molar-refractivity contribution in [2.75, 3.05) is 26.0 Å². The van der Waals surface area contributed by atoms with Crippen molar-refractivity contribution in [1.82, 2.24) is 10.3 Å². The fourth-order valence-electron chi connectivity index (χ4n) is 3.51. The van der Waals surface area contributed by atoms with Crippen molar-refractivity contribution in [3.63, 3.8) is 0 Å². The molecule has 1 aliphatic rings. The van der Waals surface area contributed by atoms with Crippen LogP contribution >= 0.6 is 0 Å². The Morgan fingerprint density at radius 1 is 1.44 bits per heavy atom. The molecule has 0 atom stereocenters. The SMILES string of the molecule is C=CCc1cc(-c2c(C#N)c(N)nc3c2CNCC3)cc(OC)c1OCC. The maximum atomic E-state index is 9.74. The molecule has 0 aliphatic carbocycles. The zero-order valence-electron chi connectivity index (χ0n) is 15.8. The van der Waals surface area contributed by atoms with Gasteiger partial charge in [0, 0.05) is 36.3 Å². The van der Waals surface area contributed by atoms with Crippen LogP contribution in [-0.2, 0) is 19.4 Å². The van der Waals surface area contributed by atoms with Crippen LogP contribution in [0.5, 0.6) is 11.5 Å². The maximum absolute atomic E-state index is 9.74. The minimum absolute atomic E-state index is 0.270. The Bertz CT molecular complexity index is 916. The number of nitrogens with zero attached hydrogens (tertiary/aromatic N) is 2. The molecule has 0 saturated carbocycles. The Balaban J connectivity index is 2.31. The summed E-state index contributed by atoms with van der Waals surface area (Å²) >= 11 is 0. The summed E-state index contributed by atoms with van der Waals surface area (Å²) in [6.07, 6.45) is 3.23. The molecular weight excluding hydrogens is 340 g/mol. The predicted molar refractivity (Wildman–Crippen MR) is 106 cm³/mol. The standard InChI is InChI=1S/C21H24N4O2/c1-4-6-13-9-14(10-18(26-3)20(13)27-5-2)19-15(11-22)21(23)25-17-7-8-24-12-16(17)19/h4,9-10,24H,1,5-8,12H2,2-3H3,(H2,23,25). The van der Waals surface area contributed by atoms with Crippen molar-refractivity contribution in [3.8, 4) is 28.7 Å². The zero-order chi connectivity index (χ0) is 19.4. The normalized spacial score (nSPS) is 12.8. The molecule has 2 heterocycles. The summed E-state index contributed by atoms with van der Waals surface area (Å²) in [6, 6.07) is 6.17. The summed E-state index contributed by atoms with van der Waals surface area (Å²) < 4.78 is 11.4. The number of methoxy groups -OCH3 is 1. The number of aromatic nitrogens is 1. The van der Waals surface area contributed by atoms with Gasteiger partial charge in [0.15, 0.2) is 11.5 Å². The van der Waals surface area contributed by atoms with Gasteiger partial charge in [-0.3, -0.25) is 0 Å². The quantitative estimate of drug-likeness (QED) is 0.766. The lowest BCUT2D eigenvalue weighted by atomic mass is 9.90. The van der Waals surface area contributed by atoms with Crippen LogP contribution in [0, 0.1) is 11.3 Å². The Kier molecular flexibility index (Phi) is 5.63. The molecule has 1 aliphatic heterocycles. The highest BCUT2D eigenvalue weighted by Gasteiger charge is 2.24. The van der Waals surface area contributed by atoms with Crippen LogP contribution in [0.15, 0.2) is 24.8 Å². The van der Waals surface area contributed by atoms with E-state index in [0.29, 0.717) is 36.6 Å². The van der Waals surface area contributed by atoms with Crippen molar-refractivity contribution in [3.05, 3.63) is 47.2 Å². The first-order valence-electron chi connectivity index (χ1n) is 9.01. The highest BCUT2D eigenvalue weighted by atomic mass is 16.5. The fraction of sp³-hybridized carbons (Fsp3) is 0.333. The molecule has 0 saturated heterocycles. The molecule has 0 radical (unpaired) electrons. The van der Waals surface area contributed by atoms with Crippen LogP contribution < -0.4 is 20.5 Å². The summed E-state index contributed by atoms with van der Waals surface area (Å²) in [6.45, 7) is 7.81. The smallest absolute Gasteiger partial charge is 0.164 e. The van der Waals surface area contributed by atoms with E-state index < -0.39 is 0 Å². The van der Waals surface area contributed by atoms with Gasteiger partial charge in [-0.25, -0.2) is 4.98 Å². The van der Waals surface area contributed by atoms with Crippen molar-refractivity contribution >= 4 is 5.82 Å². The van der Waals surface area contributed by atoms with Gasteiger partial charge in [0.2, 0.25) is 0 Å². The van der Waals surface area contributed by atoms with E-state index in [9.17, 15) is 5.26 Å². The number of nitrogens with two attached hydrogens (primary N) is 1. The van der Waals surface area contributed by atoms with Gasteiger partial charge < -0.3 is 20.5 Å². The second-order valence-electron chi connectivity index (χ2n) is 6.30. The highest BCUT2D eigenvalue weighted by molar-refractivity contribution is 5.81. The molecule has 1 aromatic carbocycles. The third kappa shape index (κ3) is 3.46. The second kappa shape index (κ2) is 8.11. The first kappa shape index (κ1) is 18.7. The van der Waals surface area contributed by atoms with E-state index in [2.05, 4.69) is 22.9 Å². The second-order valence-corrected chi connectivity index (χ2v) is 6.30. The Labute approximate surface area is 159 Å². The molecule has 0 spiro atoms. The van der Waals surface area contributed by atoms with Gasteiger partial charge in [-0.15, -0.1) is 6.58 Å². The molecule has 6 heteroatoms. The molecule has 1 aromatic heterocycles. The van der Waals surface area contributed by atoms with E-state index in [1.807, 2.05) is 25.1 Å². The summed E-state index contributed by atoms with van der Waals surface area (Å²) in [5, 5.41) is 13.1. The van der Waals surface area contributed by atoms with Crippen molar-refractivity contribution in [2.45, 2.75) is 26.3 Å². The molecule has 0 fully saturated rings. The summed E-state index contributed by atoms with van der Waals surface area (Å²) in [7, 11) is 1.61. The highest BCUT2D eigenvalue weighted by Crippen LogP contribution is 2.41. The van der Waals surface area contributed by atoms with Gasteiger partial charge in [0.05, 0.1) is 13.7 Å². The number of rotatable bonds is 6. The number of pyridine rings is 1. The lowest BCUT2D eigenvalue weighted by Crippen LogP contribution is -2.26. The van der Waals surface area contributed by atoms with Gasteiger partial charge in [-0.1, -0.05) is 6.08 Å². The Hall–Kier alpha value is -3.04. The van der Waals surface area contributed by atoms with E-state index in [4.69, 9.17) is 15.2 Å². The lowest BCUT2D eigenvalue weighted by Gasteiger charge is -2.23. The molecule has 27 heavy (non-hydrogen) atoms. The molecule has 6 nitrogen and oxygen atoms in total. The van der Waals surface area contributed by atoms with E-state index in [1.54, 1.807) is 7.11 Å². The first-order chi connectivity index (χ1) is 13.1. The van der Waals surface area contributed by atoms with Gasteiger partial charge in [-0.2, -0.15) is 5.26 Å². The van der Waals surface area contributed by atoms with E-state index in [-0.39, 0.29) is 5.82 Å². The first-order valence-corrected chi connectivity index (χ1v) is 9.01. The van der Waals surface area contributed by atoms with Gasteiger partial charge >= 0.3 is 0 Å². The molecule has 0 amide bonds. The molecule has 0 bridgehead atoms. The summed E-state index contributed by atoms with van der Waals surface area (Å²) in [5.74, 6) is 1.60. The van der Waals surface area contributed by atoms with E-state index >= 15 is 0 Å². The van der Waals surface area contributed by atoms with Crippen molar-refractivity contribution in [1.29, 1.82) is 5.26 Å². The minimum Gasteiger partial charge on any atom is -0.493 e. The van der Waals surface area contributed by atoms with Crippen LogP contribution in [0.3, 0.4) is 0 Å². The summed E-state index contributed by atoms with van der Waals surface area (Å²) in [4.78, 5) is 4.46. The van der Waals surface area contributed by atoms with Gasteiger partial charge in [0.25, 0.3) is 0 Å². The van der Waals surface area contributed by atoms with Crippen LogP contribution in [-0.4, -0.2) is 25.2 Å². The monoisotopic (exact) mass is 364 g/mol. The number of hydrogen-bond acceptors (Lipinski definition) is 6. The van der Waals surface area contributed by atoms with Crippen LogP contribution in [0.25, 0.3) is 11.1 Å². The number of nitrogens with one attached hydrogen (secondary N) is 1. The van der Waals surface area contributed by atoms with E-state index in [1.165, 1.54) is 0 Å². The molecular formula is C21H24N4O2. The largest absolute Gasteiger partial charge is 0.493 e. The number of allylic oxidation sites excluding steroid dienone is 1. The van der Waals surface area contributed by atoms with Crippen LogP contribution in [0.1, 0.15) is 29.3 Å². The third-order valence-electron chi connectivity index (χ3n) is 4.66. The van der Waals surface area contributed by atoms with Gasteiger partial charge in [0.1, 0.15) is 17.5 Å². The third-order valence-corrected chi connectivity index (χ3v) is 4.66. The predicted octanol–water partition coefficient (Wildman–Crippen LogP) is 2.98. The van der Waals surface area contributed by atoms with Crippen molar-refractivity contribution < 1.29 is 9.47 Å². The number of nitriles is 1. The van der Waals surface area contributed by atoms with Gasteiger partial charge in [-0.05, 0) is 36.6 Å². The Morgan fingerprint density at radius 3 is 2.93 bits per heavy atom. The number of ether oxygens (including phenoxy) is 2. The van der Waals surface area contributed by atoms with E-state index in [0.717, 1.165) is 40.9 Å². The van der Waals surface area contributed by atoms with Crippen molar-refractivity contribution in [2.24, 2.45) is 0 Å². The number of nitrogen functional groups attached to an aromatic ring is 1. The maximum Gasteiger partial charge on any atom is 0.164 e.